The Morgan fingerprint density at radius 3 is 1.03 bits per heavy atom. The van der Waals surface area contributed by atoms with E-state index in [0.29, 0.717) is 6.17 Å². The molecule has 0 aliphatic carbocycles. The Labute approximate surface area is 229 Å². The molecule has 36 heavy (non-hydrogen) atoms. The summed E-state index contributed by atoms with van der Waals surface area (Å²) in [6, 6.07) is 0. The van der Waals surface area contributed by atoms with Crippen LogP contribution < -0.4 is 0 Å². The van der Waals surface area contributed by atoms with E-state index in [0.717, 1.165) is 0 Å². The van der Waals surface area contributed by atoms with E-state index in [1.807, 2.05) is 0 Å². The van der Waals surface area contributed by atoms with Crippen molar-refractivity contribution in [1.29, 1.82) is 0 Å². The van der Waals surface area contributed by atoms with Crippen molar-refractivity contribution >= 4 is 0 Å². The van der Waals surface area contributed by atoms with Gasteiger partial charge in [-0.1, -0.05) is 162 Å². The minimum absolute atomic E-state index is 0.643. The van der Waals surface area contributed by atoms with E-state index in [1.54, 1.807) is 0 Å². The van der Waals surface area contributed by atoms with E-state index in [4.69, 9.17) is 0 Å². The zero-order valence-electron chi connectivity index (χ0n) is 25.4. The van der Waals surface area contributed by atoms with Crippen LogP contribution in [0, 0.1) is 0 Å². The fraction of sp³-hybridized carbons (Fsp3) is 0.941. The largest absolute Gasteiger partial charge is 0.356 e. The first kappa shape index (κ1) is 33.4. The molecule has 2 nitrogen and oxygen atoms in total. The standard InChI is InChI=1S/C34H68N2/c1-4-7-10-12-13-14-15-16-17-18-19-20-21-22-23-25-28-31-36-33-32-35(30-27-9-6-3)34(36)29-26-24-11-8-5-2/h32-34H,4-31H2,1-3H3. The third-order valence-corrected chi connectivity index (χ3v) is 8.32. The van der Waals surface area contributed by atoms with E-state index < -0.39 is 0 Å². The molecule has 0 saturated carbocycles. The second-order valence-corrected chi connectivity index (χ2v) is 11.8. The summed E-state index contributed by atoms with van der Waals surface area (Å²) in [5.41, 5.74) is 0. The minimum Gasteiger partial charge on any atom is -0.356 e. The van der Waals surface area contributed by atoms with E-state index in [2.05, 4.69) is 43.0 Å². The highest BCUT2D eigenvalue weighted by molar-refractivity contribution is 4.97. The maximum absolute atomic E-state index is 2.68. The number of rotatable bonds is 28. The monoisotopic (exact) mass is 505 g/mol. The van der Waals surface area contributed by atoms with Crippen LogP contribution in [0.25, 0.3) is 0 Å². The molecule has 0 amide bonds. The summed E-state index contributed by atoms with van der Waals surface area (Å²) in [6.45, 7) is 9.45. The summed E-state index contributed by atoms with van der Waals surface area (Å²) < 4.78 is 0. The number of unbranched alkanes of at least 4 members (excludes halogenated alkanes) is 22. The van der Waals surface area contributed by atoms with Crippen LogP contribution in [0.5, 0.6) is 0 Å². The zero-order valence-corrected chi connectivity index (χ0v) is 25.4. The van der Waals surface area contributed by atoms with Gasteiger partial charge in [-0.15, -0.1) is 0 Å². The van der Waals surface area contributed by atoms with E-state index in [1.165, 1.54) is 180 Å². The average molecular weight is 505 g/mol. The molecule has 1 rings (SSSR count). The van der Waals surface area contributed by atoms with Gasteiger partial charge in [0, 0.05) is 25.5 Å². The molecule has 0 N–H and O–H groups in total. The molecule has 0 aromatic heterocycles. The van der Waals surface area contributed by atoms with Gasteiger partial charge in [0.05, 0.1) is 0 Å². The van der Waals surface area contributed by atoms with Gasteiger partial charge in [0.25, 0.3) is 0 Å². The Hall–Kier alpha value is -0.660. The third kappa shape index (κ3) is 18.6. The van der Waals surface area contributed by atoms with Gasteiger partial charge in [-0.2, -0.15) is 0 Å². The first-order chi connectivity index (χ1) is 17.8. The lowest BCUT2D eigenvalue weighted by Crippen LogP contribution is -2.39. The maximum Gasteiger partial charge on any atom is 0.101 e. The van der Waals surface area contributed by atoms with Gasteiger partial charge in [0.1, 0.15) is 6.17 Å². The molecule has 1 heterocycles. The molecule has 1 aliphatic rings. The predicted molar refractivity (Wildman–Crippen MR) is 163 cm³/mol. The fourth-order valence-corrected chi connectivity index (χ4v) is 5.83. The van der Waals surface area contributed by atoms with Crippen molar-refractivity contribution in [3.05, 3.63) is 12.4 Å². The average Bonchev–Trinajstić information content (AvgIpc) is 3.27. The zero-order chi connectivity index (χ0) is 25.9. The Kier molecular flexibility index (Phi) is 24.1. The highest BCUT2D eigenvalue weighted by Gasteiger charge is 2.24. The first-order valence-electron chi connectivity index (χ1n) is 17.0. The van der Waals surface area contributed by atoms with E-state index >= 15 is 0 Å². The third-order valence-electron chi connectivity index (χ3n) is 8.32. The van der Waals surface area contributed by atoms with Crippen LogP contribution in [-0.2, 0) is 0 Å². The molecule has 1 aliphatic heterocycles. The van der Waals surface area contributed by atoms with Crippen molar-refractivity contribution in [3.63, 3.8) is 0 Å². The molecule has 0 aromatic rings. The number of hydrogen-bond donors (Lipinski definition) is 0. The highest BCUT2D eigenvalue weighted by atomic mass is 15.4. The molecule has 0 fully saturated rings. The van der Waals surface area contributed by atoms with E-state index in [-0.39, 0.29) is 0 Å². The summed E-state index contributed by atoms with van der Waals surface area (Å²) in [6.07, 6.45) is 42.5. The summed E-state index contributed by atoms with van der Waals surface area (Å²) in [5.74, 6) is 0. The van der Waals surface area contributed by atoms with Crippen molar-refractivity contribution < 1.29 is 0 Å². The predicted octanol–water partition coefficient (Wildman–Crippen LogP) is 11.6. The van der Waals surface area contributed by atoms with Crippen LogP contribution in [0.4, 0.5) is 0 Å². The Morgan fingerprint density at radius 2 is 0.639 bits per heavy atom. The second-order valence-electron chi connectivity index (χ2n) is 11.8. The topological polar surface area (TPSA) is 6.48 Å². The van der Waals surface area contributed by atoms with Gasteiger partial charge in [0.15, 0.2) is 0 Å². The van der Waals surface area contributed by atoms with Gasteiger partial charge in [0.2, 0.25) is 0 Å². The summed E-state index contributed by atoms with van der Waals surface area (Å²) in [7, 11) is 0. The molecule has 0 aromatic carbocycles. The van der Waals surface area contributed by atoms with Gasteiger partial charge < -0.3 is 9.80 Å². The van der Waals surface area contributed by atoms with E-state index in [9.17, 15) is 0 Å². The Morgan fingerprint density at radius 1 is 0.361 bits per heavy atom. The molecular weight excluding hydrogens is 436 g/mol. The molecule has 2 heteroatoms. The summed E-state index contributed by atoms with van der Waals surface area (Å²) >= 11 is 0. The van der Waals surface area contributed by atoms with Gasteiger partial charge >= 0.3 is 0 Å². The minimum atomic E-state index is 0.643. The lowest BCUT2D eigenvalue weighted by Gasteiger charge is -2.33. The lowest BCUT2D eigenvalue weighted by molar-refractivity contribution is 0.135. The van der Waals surface area contributed by atoms with Crippen molar-refractivity contribution in [2.24, 2.45) is 0 Å². The number of hydrogen-bond acceptors (Lipinski definition) is 2. The molecule has 1 atom stereocenters. The van der Waals surface area contributed by atoms with Crippen molar-refractivity contribution in [3.8, 4) is 0 Å². The Balaban J connectivity index is 2.00. The fourth-order valence-electron chi connectivity index (χ4n) is 5.83. The van der Waals surface area contributed by atoms with Crippen LogP contribution in [-0.4, -0.2) is 29.1 Å². The van der Waals surface area contributed by atoms with Gasteiger partial charge in [-0.25, -0.2) is 0 Å². The quantitative estimate of drug-likeness (QED) is 0.0977. The highest BCUT2D eigenvalue weighted by Crippen LogP contribution is 2.23. The molecule has 214 valence electrons. The summed E-state index contributed by atoms with van der Waals surface area (Å²) in [5, 5.41) is 0. The van der Waals surface area contributed by atoms with Crippen molar-refractivity contribution in [2.45, 2.75) is 194 Å². The maximum atomic E-state index is 2.68. The van der Waals surface area contributed by atoms with Crippen molar-refractivity contribution in [2.75, 3.05) is 13.1 Å². The SMILES string of the molecule is CCCCCCCCCCCCCCCCCCCN1C=CN(CCCCC)C1CCCCCCC. The lowest BCUT2D eigenvalue weighted by atomic mass is 10.0. The Bertz CT molecular complexity index is 460. The molecule has 0 radical (unpaired) electrons. The normalized spacial score (nSPS) is 15.5. The van der Waals surface area contributed by atoms with Gasteiger partial charge in [-0.3, -0.25) is 0 Å². The number of nitrogens with zero attached hydrogens (tertiary/aromatic N) is 2. The van der Waals surface area contributed by atoms with Crippen molar-refractivity contribution in [1.82, 2.24) is 9.80 Å². The van der Waals surface area contributed by atoms with Crippen LogP contribution in [0.2, 0.25) is 0 Å². The molecule has 0 spiro atoms. The van der Waals surface area contributed by atoms with Crippen LogP contribution in [0.3, 0.4) is 0 Å². The molecule has 0 saturated heterocycles. The molecular formula is C34H68N2. The van der Waals surface area contributed by atoms with Crippen LogP contribution >= 0.6 is 0 Å². The second kappa shape index (κ2) is 26.0. The molecule has 0 bridgehead atoms. The smallest absolute Gasteiger partial charge is 0.101 e. The van der Waals surface area contributed by atoms with Crippen LogP contribution in [0.15, 0.2) is 12.4 Å². The first-order valence-corrected chi connectivity index (χ1v) is 17.0. The summed E-state index contributed by atoms with van der Waals surface area (Å²) in [4.78, 5) is 5.33. The molecule has 1 unspecified atom stereocenters. The van der Waals surface area contributed by atoms with Gasteiger partial charge in [-0.05, 0) is 25.7 Å². The van der Waals surface area contributed by atoms with Crippen LogP contribution in [0.1, 0.15) is 188 Å².